The predicted octanol–water partition coefficient (Wildman–Crippen LogP) is 4.39. The molecule has 0 amide bonds. The Morgan fingerprint density at radius 1 is 0.905 bits per heavy atom. The number of ether oxygens (including phenoxy) is 5. The fourth-order valence-corrected chi connectivity index (χ4v) is 5.51. The summed E-state index contributed by atoms with van der Waals surface area (Å²) in [4.78, 5) is 48.3. The lowest BCUT2D eigenvalue weighted by molar-refractivity contribution is -0.267. The molecule has 13 heteroatoms. The van der Waals surface area contributed by atoms with E-state index in [9.17, 15) is 24.3 Å². The molecule has 0 saturated carbocycles. The van der Waals surface area contributed by atoms with E-state index in [0.717, 1.165) is 18.3 Å². The van der Waals surface area contributed by atoms with Crippen molar-refractivity contribution in [1.29, 1.82) is 0 Å². The molecule has 6 atom stereocenters. The second-order valence-corrected chi connectivity index (χ2v) is 11.0. The van der Waals surface area contributed by atoms with Crippen LogP contribution >= 0.6 is 27.5 Å². The molecule has 1 aromatic heterocycles. The Morgan fingerprint density at radius 2 is 1.50 bits per heavy atom. The van der Waals surface area contributed by atoms with Crippen molar-refractivity contribution in [1.82, 2.24) is 4.57 Å². The Kier molecular flexibility index (Phi) is 9.93. The van der Waals surface area contributed by atoms with Gasteiger partial charge in [0, 0.05) is 49.3 Å². The molecule has 1 unspecified atom stereocenters. The number of rotatable bonds is 8. The number of halogens is 2. The number of aliphatic hydroxyl groups is 1. The smallest absolute Gasteiger partial charge is 0.303 e. The number of aliphatic hydroxyl groups excluding tert-OH is 1. The second-order valence-electron chi connectivity index (χ2n) is 9.67. The van der Waals surface area contributed by atoms with E-state index >= 15 is 0 Å². The van der Waals surface area contributed by atoms with Gasteiger partial charge in [-0.2, -0.15) is 0 Å². The van der Waals surface area contributed by atoms with Crippen LogP contribution in [0, 0.1) is 0 Å². The van der Waals surface area contributed by atoms with Gasteiger partial charge in [-0.3, -0.25) is 19.2 Å². The van der Waals surface area contributed by atoms with E-state index in [1.807, 2.05) is 0 Å². The van der Waals surface area contributed by atoms with E-state index in [4.69, 9.17) is 35.3 Å². The average Bonchev–Trinajstić information content (AvgIpc) is 3.30. The molecule has 42 heavy (non-hydrogen) atoms. The van der Waals surface area contributed by atoms with Gasteiger partial charge in [-0.1, -0.05) is 45.7 Å². The van der Waals surface area contributed by atoms with Gasteiger partial charge in [-0.25, -0.2) is 0 Å². The van der Waals surface area contributed by atoms with Crippen LogP contribution < -0.4 is 0 Å². The van der Waals surface area contributed by atoms with E-state index in [-0.39, 0.29) is 6.61 Å². The summed E-state index contributed by atoms with van der Waals surface area (Å²) >= 11 is 10.0. The highest BCUT2D eigenvalue weighted by molar-refractivity contribution is 9.10. The minimum atomic E-state index is -1.36. The third-order valence-corrected chi connectivity index (χ3v) is 7.40. The van der Waals surface area contributed by atoms with Crippen LogP contribution in [-0.4, -0.2) is 64.6 Å². The summed E-state index contributed by atoms with van der Waals surface area (Å²) in [7, 11) is 0. The van der Waals surface area contributed by atoms with E-state index in [1.54, 1.807) is 53.2 Å². The Morgan fingerprint density at radius 3 is 2.10 bits per heavy atom. The molecule has 1 saturated heterocycles. The lowest BCUT2D eigenvalue weighted by Crippen LogP contribution is -2.60. The van der Waals surface area contributed by atoms with Crippen molar-refractivity contribution in [3.8, 4) is 0 Å². The minimum Gasteiger partial charge on any atom is -0.463 e. The first-order chi connectivity index (χ1) is 19.9. The molecule has 2 heterocycles. The van der Waals surface area contributed by atoms with Crippen molar-refractivity contribution in [2.24, 2.45) is 0 Å². The lowest BCUT2D eigenvalue weighted by Gasteiger charge is -2.44. The van der Waals surface area contributed by atoms with Gasteiger partial charge in [0.1, 0.15) is 18.8 Å². The topological polar surface area (TPSA) is 140 Å². The molecule has 11 nitrogen and oxygen atoms in total. The van der Waals surface area contributed by atoms with Crippen LogP contribution in [0.2, 0.25) is 5.02 Å². The van der Waals surface area contributed by atoms with Crippen molar-refractivity contribution in [3.63, 3.8) is 0 Å². The second kappa shape index (κ2) is 13.2. The molecule has 0 bridgehead atoms. The number of carbonyl (C=O) groups is 4. The summed E-state index contributed by atoms with van der Waals surface area (Å²) in [6.45, 7) is 4.30. The summed E-state index contributed by atoms with van der Waals surface area (Å²) in [5, 5.41) is 12.3. The maximum atomic E-state index is 12.3. The van der Waals surface area contributed by atoms with Gasteiger partial charge in [-0.15, -0.1) is 0 Å². The number of nitrogens with zero attached hydrogens (tertiary/aromatic N) is 1. The Bertz CT molecular complexity index is 1490. The molecule has 0 radical (unpaired) electrons. The van der Waals surface area contributed by atoms with Gasteiger partial charge in [0.15, 0.2) is 24.5 Å². The summed E-state index contributed by atoms with van der Waals surface area (Å²) in [6, 6.07) is 12.2. The molecular weight excluding hydrogens is 638 g/mol. The van der Waals surface area contributed by atoms with Crippen molar-refractivity contribution in [3.05, 3.63) is 69.3 Å². The fraction of sp³-hybridized carbons (Fsp3) is 0.379. The van der Waals surface area contributed by atoms with Crippen LogP contribution in [0.1, 0.15) is 51.2 Å². The fourth-order valence-electron chi connectivity index (χ4n) is 4.97. The Labute approximate surface area is 254 Å². The summed E-state index contributed by atoms with van der Waals surface area (Å²) in [5.41, 5.74) is 1.50. The van der Waals surface area contributed by atoms with Crippen LogP contribution in [0.4, 0.5) is 0 Å². The predicted molar refractivity (Wildman–Crippen MR) is 152 cm³/mol. The zero-order chi connectivity index (χ0) is 30.7. The van der Waals surface area contributed by atoms with E-state index in [2.05, 4.69) is 15.9 Å². The van der Waals surface area contributed by atoms with Gasteiger partial charge < -0.3 is 33.4 Å². The van der Waals surface area contributed by atoms with Gasteiger partial charge in [0.2, 0.25) is 0 Å². The number of carbonyl (C=O) groups excluding carboxylic acids is 4. The molecule has 0 spiro atoms. The van der Waals surface area contributed by atoms with E-state index < -0.39 is 60.6 Å². The number of aromatic nitrogens is 1. The molecule has 1 aliphatic rings. The van der Waals surface area contributed by atoms with Crippen LogP contribution in [0.25, 0.3) is 10.9 Å². The zero-order valence-corrected chi connectivity index (χ0v) is 25.5. The van der Waals surface area contributed by atoms with Crippen molar-refractivity contribution in [2.75, 3.05) is 6.61 Å². The molecule has 1 N–H and O–H groups in total. The largest absolute Gasteiger partial charge is 0.463 e. The number of esters is 4. The van der Waals surface area contributed by atoms with Gasteiger partial charge >= 0.3 is 23.9 Å². The Balaban J connectivity index is 1.91. The molecule has 1 aliphatic heterocycles. The van der Waals surface area contributed by atoms with Crippen LogP contribution in [-0.2, 0) is 42.9 Å². The lowest BCUT2D eigenvalue weighted by atomic mass is 9.97. The molecular formula is C29H29BrClNO10. The number of hydrogen-bond acceptors (Lipinski definition) is 10. The quantitative estimate of drug-likeness (QED) is 0.272. The monoisotopic (exact) mass is 665 g/mol. The van der Waals surface area contributed by atoms with Crippen molar-refractivity contribution in [2.45, 2.75) is 64.4 Å². The van der Waals surface area contributed by atoms with E-state index in [0.29, 0.717) is 27.1 Å². The van der Waals surface area contributed by atoms with Crippen molar-refractivity contribution < 1.29 is 48.0 Å². The highest BCUT2D eigenvalue weighted by atomic mass is 79.9. The number of hydrogen-bond donors (Lipinski definition) is 1. The average molecular weight is 667 g/mol. The van der Waals surface area contributed by atoms with Gasteiger partial charge in [0.05, 0.1) is 10.5 Å². The molecule has 4 rings (SSSR count). The highest BCUT2D eigenvalue weighted by Crippen LogP contribution is 2.41. The van der Waals surface area contributed by atoms with E-state index in [1.165, 1.54) is 13.8 Å². The maximum Gasteiger partial charge on any atom is 0.303 e. The molecule has 0 aliphatic carbocycles. The maximum absolute atomic E-state index is 12.3. The normalized spacial score (nSPS) is 22.7. The first kappa shape index (κ1) is 31.5. The minimum absolute atomic E-state index is 0.336. The SMILES string of the molecule is CC(=O)OC[C@H]1O[C@@H](n2cc(C(O)c3ccc(Br)cc3)c3c(Cl)cccc32)[C@H](OC(C)=O)[C@@H](OC(C)=O)[C@@H]1OC(C)=O. The first-order valence-electron chi connectivity index (χ1n) is 12.9. The third kappa shape index (κ3) is 6.95. The molecule has 1 fully saturated rings. The van der Waals surface area contributed by atoms with Crippen LogP contribution in [0.3, 0.4) is 0 Å². The summed E-state index contributed by atoms with van der Waals surface area (Å²) < 4.78 is 30.6. The Hall–Kier alpha value is -3.45. The molecule has 224 valence electrons. The molecule has 2 aromatic carbocycles. The highest BCUT2D eigenvalue weighted by Gasteiger charge is 2.53. The van der Waals surface area contributed by atoms with Gasteiger partial charge in [0.25, 0.3) is 0 Å². The van der Waals surface area contributed by atoms with Crippen LogP contribution in [0.15, 0.2) is 53.1 Å². The summed E-state index contributed by atoms with van der Waals surface area (Å²) in [5.74, 6) is -2.82. The number of benzene rings is 2. The van der Waals surface area contributed by atoms with Gasteiger partial charge in [-0.05, 0) is 29.8 Å². The van der Waals surface area contributed by atoms with Crippen molar-refractivity contribution >= 4 is 62.3 Å². The zero-order valence-electron chi connectivity index (χ0n) is 23.1. The summed E-state index contributed by atoms with van der Waals surface area (Å²) in [6.07, 6.45) is -5.86. The van der Waals surface area contributed by atoms with Crippen LogP contribution in [0.5, 0.6) is 0 Å². The standard InChI is InChI=1S/C29H29BrClNO10/c1-14(33)38-13-23-26(39-15(2)34)27(40-16(3)35)28(41-17(4)36)29(42-23)32-12-20(24-21(31)6-5-7-22(24)32)25(37)18-8-10-19(30)11-9-18/h5-12,23,25-29,37H,13H2,1-4H3/t23-,25?,26-,27+,28-,29-/m1/s1. The first-order valence-corrected chi connectivity index (χ1v) is 14.1. The number of fused-ring (bicyclic) bond motifs is 1. The third-order valence-electron chi connectivity index (χ3n) is 6.56. The molecule has 3 aromatic rings.